The highest BCUT2D eigenvalue weighted by molar-refractivity contribution is 5.20. The molecule has 2 aliphatic rings. The van der Waals surface area contributed by atoms with Crippen LogP contribution in [0.15, 0.2) is 30.3 Å². The number of benzene rings is 1. The van der Waals surface area contributed by atoms with Gasteiger partial charge in [0, 0.05) is 26.2 Å². The third-order valence-corrected chi connectivity index (χ3v) is 4.74. The molecule has 4 nitrogen and oxygen atoms in total. The van der Waals surface area contributed by atoms with E-state index < -0.39 is 0 Å². The minimum Gasteiger partial charge on any atom is -0.492 e. The molecular weight excluding hydrogens is 266 g/mol. The summed E-state index contributed by atoms with van der Waals surface area (Å²) in [6.45, 7) is 4.40. The van der Waals surface area contributed by atoms with Gasteiger partial charge in [-0.25, -0.2) is 0 Å². The van der Waals surface area contributed by atoms with E-state index in [0.717, 1.165) is 57.7 Å². The Hall–Kier alpha value is -1.10. The summed E-state index contributed by atoms with van der Waals surface area (Å²) < 4.78 is 11.7. The zero-order valence-electron chi connectivity index (χ0n) is 12.5. The van der Waals surface area contributed by atoms with Crippen molar-refractivity contribution in [2.75, 3.05) is 32.8 Å². The van der Waals surface area contributed by atoms with Crippen LogP contribution in [0.4, 0.5) is 0 Å². The van der Waals surface area contributed by atoms with Crippen molar-refractivity contribution >= 4 is 0 Å². The first-order chi connectivity index (χ1) is 10.3. The Morgan fingerprint density at radius 2 is 2.00 bits per heavy atom. The normalized spacial score (nSPS) is 25.9. The summed E-state index contributed by atoms with van der Waals surface area (Å²) in [6, 6.07) is 9.94. The van der Waals surface area contributed by atoms with Crippen LogP contribution in [0.1, 0.15) is 25.7 Å². The molecule has 2 aliphatic heterocycles. The van der Waals surface area contributed by atoms with Crippen molar-refractivity contribution in [1.82, 2.24) is 4.90 Å². The predicted molar refractivity (Wildman–Crippen MR) is 81.5 cm³/mol. The number of hydrogen-bond donors (Lipinski definition) is 1. The van der Waals surface area contributed by atoms with Gasteiger partial charge >= 0.3 is 0 Å². The summed E-state index contributed by atoms with van der Waals surface area (Å²) in [5.41, 5.74) is -0.269. The van der Waals surface area contributed by atoms with E-state index in [1.165, 1.54) is 0 Å². The standard InChI is InChI=1S/C17H25NO3/c19-16-7-4-13-21-17(16)8-10-18(11-9-17)12-14-20-15-5-2-1-3-6-15/h1-3,5-6,16,19H,4,7-14H2. The average Bonchev–Trinajstić information content (AvgIpc) is 2.53. The molecule has 0 bridgehead atoms. The van der Waals surface area contributed by atoms with E-state index >= 15 is 0 Å². The fourth-order valence-corrected chi connectivity index (χ4v) is 3.35. The molecule has 21 heavy (non-hydrogen) atoms. The lowest BCUT2D eigenvalue weighted by Gasteiger charge is -2.46. The second-order valence-electron chi connectivity index (χ2n) is 6.07. The van der Waals surface area contributed by atoms with Crippen LogP contribution in [-0.4, -0.2) is 54.6 Å². The predicted octanol–water partition coefficient (Wildman–Crippen LogP) is 2.07. The van der Waals surface area contributed by atoms with Crippen molar-refractivity contribution in [2.45, 2.75) is 37.4 Å². The third-order valence-electron chi connectivity index (χ3n) is 4.74. The van der Waals surface area contributed by atoms with Crippen LogP contribution in [0, 0.1) is 0 Å². The van der Waals surface area contributed by atoms with Crippen molar-refractivity contribution in [1.29, 1.82) is 0 Å². The SMILES string of the molecule is OC1CCCOC12CCN(CCOc1ccccc1)CC2. The van der Waals surface area contributed by atoms with Crippen LogP contribution in [0.25, 0.3) is 0 Å². The number of aliphatic hydroxyl groups excluding tert-OH is 1. The van der Waals surface area contributed by atoms with Crippen LogP contribution in [0.2, 0.25) is 0 Å². The number of piperidine rings is 1. The van der Waals surface area contributed by atoms with Crippen molar-refractivity contribution in [3.05, 3.63) is 30.3 Å². The maximum absolute atomic E-state index is 10.2. The van der Waals surface area contributed by atoms with Crippen molar-refractivity contribution in [2.24, 2.45) is 0 Å². The van der Waals surface area contributed by atoms with Crippen molar-refractivity contribution in [3.63, 3.8) is 0 Å². The number of rotatable bonds is 4. The molecule has 0 radical (unpaired) electrons. The van der Waals surface area contributed by atoms with Gasteiger partial charge in [0.05, 0.1) is 11.7 Å². The monoisotopic (exact) mass is 291 g/mol. The summed E-state index contributed by atoms with van der Waals surface area (Å²) >= 11 is 0. The lowest BCUT2D eigenvalue weighted by molar-refractivity contribution is -0.177. The van der Waals surface area contributed by atoms with E-state index in [-0.39, 0.29) is 11.7 Å². The molecule has 3 rings (SSSR count). The van der Waals surface area contributed by atoms with E-state index in [0.29, 0.717) is 6.61 Å². The summed E-state index contributed by atoms with van der Waals surface area (Å²) in [5, 5.41) is 10.2. The third kappa shape index (κ3) is 3.57. The zero-order chi connectivity index (χ0) is 14.5. The van der Waals surface area contributed by atoms with Crippen LogP contribution in [-0.2, 0) is 4.74 Å². The maximum atomic E-state index is 10.2. The summed E-state index contributed by atoms with van der Waals surface area (Å²) in [5.74, 6) is 0.928. The van der Waals surface area contributed by atoms with E-state index in [2.05, 4.69) is 4.90 Å². The molecule has 4 heteroatoms. The first-order valence-corrected chi connectivity index (χ1v) is 8.01. The average molecular weight is 291 g/mol. The Labute approximate surface area is 126 Å². The van der Waals surface area contributed by atoms with Gasteiger partial charge in [-0.15, -0.1) is 0 Å². The summed E-state index contributed by atoms with van der Waals surface area (Å²) in [6.07, 6.45) is 3.45. The maximum Gasteiger partial charge on any atom is 0.119 e. The first-order valence-electron chi connectivity index (χ1n) is 8.01. The molecule has 1 unspecified atom stereocenters. The highest BCUT2D eigenvalue weighted by Crippen LogP contribution is 2.35. The fourth-order valence-electron chi connectivity index (χ4n) is 3.35. The van der Waals surface area contributed by atoms with Crippen LogP contribution in [0.5, 0.6) is 5.75 Å². The van der Waals surface area contributed by atoms with Crippen molar-refractivity contribution in [3.8, 4) is 5.75 Å². The van der Waals surface area contributed by atoms with E-state index in [1.807, 2.05) is 30.3 Å². The quantitative estimate of drug-likeness (QED) is 0.922. The van der Waals surface area contributed by atoms with Crippen LogP contribution < -0.4 is 4.74 Å². The minimum absolute atomic E-state index is 0.269. The molecule has 0 aliphatic carbocycles. The molecule has 1 aromatic carbocycles. The lowest BCUT2D eigenvalue weighted by Crippen LogP contribution is -2.55. The van der Waals surface area contributed by atoms with Gasteiger partial charge in [0.1, 0.15) is 12.4 Å². The molecule has 2 saturated heterocycles. The number of nitrogens with zero attached hydrogens (tertiary/aromatic N) is 1. The Kier molecular flexibility index (Phi) is 4.78. The molecule has 1 spiro atoms. The second-order valence-corrected chi connectivity index (χ2v) is 6.07. The molecule has 0 amide bonds. The Morgan fingerprint density at radius 3 is 2.71 bits per heavy atom. The Morgan fingerprint density at radius 1 is 1.24 bits per heavy atom. The van der Waals surface area contributed by atoms with Gasteiger partial charge in [-0.1, -0.05) is 18.2 Å². The van der Waals surface area contributed by atoms with Crippen LogP contribution >= 0.6 is 0 Å². The van der Waals surface area contributed by atoms with E-state index in [9.17, 15) is 5.11 Å². The number of likely N-dealkylation sites (tertiary alicyclic amines) is 1. The molecule has 1 aromatic rings. The molecule has 1 N–H and O–H groups in total. The smallest absolute Gasteiger partial charge is 0.119 e. The molecule has 0 saturated carbocycles. The summed E-state index contributed by atoms with van der Waals surface area (Å²) in [7, 11) is 0. The zero-order valence-corrected chi connectivity index (χ0v) is 12.5. The molecule has 2 heterocycles. The van der Waals surface area contributed by atoms with Crippen LogP contribution in [0.3, 0.4) is 0 Å². The number of ether oxygens (including phenoxy) is 2. The Balaban J connectivity index is 1.41. The molecule has 2 fully saturated rings. The number of hydrogen-bond acceptors (Lipinski definition) is 4. The topological polar surface area (TPSA) is 41.9 Å². The Bertz CT molecular complexity index is 429. The van der Waals surface area contributed by atoms with Gasteiger partial charge in [0.25, 0.3) is 0 Å². The van der Waals surface area contributed by atoms with Gasteiger partial charge in [0.15, 0.2) is 0 Å². The minimum atomic E-state index is -0.283. The molecule has 0 aromatic heterocycles. The van der Waals surface area contributed by atoms with Gasteiger partial charge in [-0.05, 0) is 37.8 Å². The fraction of sp³-hybridized carbons (Fsp3) is 0.647. The molecule has 116 valence electrons. The van der Waals surface area contributed by atoms with E-state index in [4.69, 9.17) is 9.47 Å². The van der Waals surface area contributed by atoms with Gasteiger partial charge in [0.2, 0.25) is 0 Å². The van der Waals surface area contributed by atoms with Gasteiger partial charge in [-0.3, -0.25) is 4.90 Å². The van der Waals surface area contributed by atoms with Gasteiger partial charge < -0.3 is 14.6 Å². The van der Waals surface area contributed by atoms with Crippen molar-refractivity contribution < 1.29 is 14.6 Å². The molecular formula is C17H25NO3. The van der Waals surface area contributed by atoms with E-state index in [1.54, 1.807) is 0 Å². The largest absolute Gasteiger partial charge is 0.492 e. The second kappa shape index (κ2) is 6.77. The molecule has 1 atom stereocenters. The first kappa shape index (κ1) is 14.8. The number of para-hydroxylation sites is 1. The highest BCUT2D eigenvalue weighted by Gasteiger charge is 2.43. The lowest BCUT2D eigenvalue weighted by atomic mass is 9.82. The number of aliphatic hydroxyl groups is 1. The highest BCUT2D eigenvalue weighted by atomic mass is 16.5. The summed E-state index contributed by atoms with van der Waals surface area (Å²) in [4.78, 5) is 2.40. The van der Waals surface area contributed by atoms with Gasteiger partial charge in [-0.2, -0.15) is 0 Å².